The van der Waals surface area contributed by atoms with Crippen molar-refractivity contribution in [2.75, 3.05) is 13.2 Å². The van der Waals surface area contributed by atoms with Gasteiger partial charge in [0.1, 0.15) is 5.75 Å². The van der Waals surface area contributed by atoms with E-state index in [1.807, 2.05) is 13.8 Å². The smallest absolute Gasteiger partial charge is 0.125 e. The Labute approximate surface area is 95.9 Å². The molecule has 0 fully saturated rings. The van der Waals surface area contributed by atoms with Gasteiger partial charge in [0.15, 0.2) is 0 Å². The van der Waals surface area contributed by atoms with Crippen LogP contribution in [0.2, 0.25) is 0 Å². The van der Waals surface area contributed by atoms with Gasteiger partial charge in [0.25, 0.3) is 0 Å². The zero-order valence-corrected chi connectivity index (χ0v) is 10.0. The Bertz CT molecular complexity index is 386. The molecule has 1 aromatic carbocycles. The molecule has 0 bridgehead atoms. The lowest BCUT2D eigenvalue weighted by atomic mass is 10.1. The van der Waals surface area contributed by atoms with Gasteiger partial charge in [-0.25, -0.2) is 0 Å². The van der Waals surface area contributed by atoms with Crippen molar-refractivity contribution in [3.05, 3.63) is 39.3 Å². The van der Waals surface area contributed by atoms with Crippen molar-refractivity contribution in [1.29, 1.82) is 0 Å². The lowest BCUT2D eigenvalue weighted by Crippen LogP contribution is -2.02. The molecule has 0 heterocycles. The second-order valence-electron chi connectivity index (χ2n) is 3.88. The van der Waals surface area contributed by atoms with E-state index >= 15 is 0 Å². The zero-order chi connectivity index (χ0) is 12.0. The van der Waals surface area contributed by atoms with Crippen LogP contribution in [0.1, 0.15) is 23.1 Å². The van der Waals surface area contributed by atoms with Crippen LogP contribution in [0.5, 0.6) is 5.75 Å². The lowest BCUT2D eigenvalue weighted by molar-refractivity contribution is 0.309. The summed E-state index contributed by atoms with van der Waals surface area (Å²) in [6.45, 7) is 7.24. The molecule has 0 aromatic heterocycles. The van der Waals surface area contributed by atoms with E-state index in [1.165, 1.54) is 5.56 Å². The van der Waals surface area contributed by atoms with E-state index in [0.29, 0.717) is 13.2 Å². The number of azide groups is 1. The molecule has 16 heavy (non-hydrogen) atoms. The van der Waals surface area contributed by atoms with Gasteiger partial charge in [-0.05, 0) is 43.9 Å². The van der Waals surface area contributed by atoms with Gasteiger partial charge in [0.2, 0.25) is 0 Å². The van der Waals surface area contributed by atoms with Crippen LogP contribution in [0.3, 0.4) is 0 Å². The third-order valence-electron chi connectivity index (χ3n) is 2.32. The Morgan fingerprint density at radius 3 is 2.44 bits per heavy atom. The van der Waals surface area contributed by atoms with E-state index < -0.39 is 0 Å². The van der Waals surface area contributed by atoms with Crippen molar-refractivity contribution in [3.63, 3.8) is 0 Å². The highest BCUT2D eigenvalue weighted by molar-refractivity contribution is 5.42. The monoisotopic (exact) mass is 219 g/mol. The van der Waals surface area contributed by atoms with Crippen LogP contribution in [0.15, 0.2) is 17.2 Å². The van der Waals surface area contributed by atoms with Crippen LogP contribution in [0.25, 0.3) is 10.4 Å². The highest BCUT2D eigenvalue weighted by atomic mass is 16.5. The fourth-order valence-corrected chi connectivity index (χ4v) is 1.75. The molecule has 4 nitrogen and oxygen atoms in total. The van der Waals surface area contributed by atoms with Gasteiger partial charge < -0.3 is 4.74 Å². The Hall–Kier alpha value is -1.67. The van der Waals surface area contributed by atoms with E-state index in [2.05, 4.69) is 29.1 Å². The van der Waals surface area contributed by atoms with Crippen LogP contribution in [0.4, 0.5) is 0 Å². The summed E-state index contributed by atoms with van der Waals surface area (Å²) >= 11 is 0. The van der Waals surface area contributed by atoms with Gasteiger partial charge in [0, 0.05) is 11.5 Å². The summed E-state index contributed by atoms with van der Waals surface area (Å²) in [4.78, 5) is 2.70. The number of hydrogen-bond acceptors (Lipinski definition) is 2. The molecule has 0 aliphatic carbocycles. The predicted octanol–water partition coefficient (Wildman–Crippen LogP) is 3.69. The molecule has 0 spiro atoms. The van der Waals surface area contributed by atoms with E-state index in [0.717, 1.165) is 23.3 Å². The van der Waals surface area contributed by atoms with E-state index in [-0.39, 0.29) is 0 Å². The first-order chi connectivity index (χ1) is 7.65. The number of aryl methyl sites for hydroxylation is 3. The first-order valence-electron chi connectivity index (χ1n) is 5.36. The van der Waals surface area contributed by atoms with Crippen molar-refractivity contribution in [3.8, 4) is 5.75 Å². The molecule has 0 aliphatic rings. The number of nitrogens with zero attached hydrogens (tertiary/aromatic N) is 3. The van der Waals surface area contributed by atoms with Crippen LogP contribution < -0.4 is 4.74 Å². The van der Waals surface area contributed by atoms with Crippen LogP contribution >= 0.6 is 0 Å². The van der Waals surface area contributed by atoms with Gasteiger partial charge in [-0.2, -0.15) is 0 Å². The number of hydrogen-bond donors (Lipinski definition) is 0. The summed E-state index contributed by atoms with van der Waals surface area (Å²) in [5, 5.41) is 3.46. The molecule has 0 amide bonds. The van der Waals surface area contributed by atoms with Crippen LogP contribution in [0, 0.1) is 20.8 Å². The minimum atomic E-state index is 0.487. The van der Waals surface area contributed by atoms with Gasteiger partial charge in [-0.15, -0.1) is 0 Å². The fourth-order valence-electron chi connectivity index (χ4n) is 1.75. The Balaban J connectivity index is 2.57. The van der Waals surface area contributed by atoms with E-state index in [9.17, 15) is 0 Å². The molecule has 0 atom stereocenters. The molecular weight excluding hydrogens is 202 g/mol. The van der Waals surface area contributed by atoms with Crippen molar-refractivity contribution in [2.45, 2.75) is 27.2 Å². The van der Waals surface area contributed by atoms with Gasteiger partial charge in [-0.3, -0.25) is 0 Å². The highest BCUT2D eigenvalue weighted by Gasteiger charge is 2.04. The van der Waals surface area contributed by atoms with E-state index in [1.54, 1.807) is 0 Å². The first-order valence-corrected chi connectivity index (χ1v) is 5.36. The Morgan fingerprint density at radius 1 is 1.25 bits per heavy atom. The number of benzene rings is 1. The van der Waals surface area contributed by atoms with Gasteiger partial charge >= 0.3 is 0 Å². The Morgan fingerprint density at radius 2 is 1.88 bits per heavy atom. The van der Waals surface area contributed by atoms with Crippen molar-refractivity contribution in [2.24, 2.45) is 5.11 Å². The molecule has 0 radical (unpaired) electrons. The molecule has 4 heteroatoms. The van der Waals surface area contributed by atoms with Crippen LogP contribution in [-0.2, 0) is 0 Å². The molecule has 0 aliphatic heterocycles. The van der Waals surface area contributed by atoms with Gasteiger partial charge in [0.05, 0.1) is 6.61 Å². The number of rotatable bonds is 5. The average Bonchev–Trinajstić information content (AvgIpc) is 2.20. The minimum absolute atomic E-state index is 0.487. The highest BCUT2D eigenvalue weighted by Crippen LogP contribution is 2.24. The summed E-state index contributed by atoms with van der Waals surface area (Å²) in [6.07, 6.45) is 0.747. The largest absolute Gasteiger partial charge is 0.493 e. The average molecular weight is 219 g/mol. The normalized spacial score (nSPS) is 9.69. The minimum Gasteiger partial charge on any atom is -0.493 e. The van der Waals surface area contributed by atoms with Crippen molar-refractivity contribution < 1.29 is 4.74 Å². The summed E-state index contributed by atoms with van der Waals surface area (Å²) in [5.41, 5.74) is 11.7. The molecule has 0 saturated heterocycles. The molecule has 86 valence electrons. The van der Waals surface area contributed by atoms with Crippen molar-refractivity contribution in [1.82, 2.24) is 0 Å². The van der Waals surface area contributed by atoms with Gasteiger partial charge in [-0.1, -0.05) is 22.8 Å². The van der Waals surface area contributed by atoms with E-state index in [4.69, 9.17) is 10.3 Å². The molecule has 0 N–H and O–H groups in total. The SMILES string of the molecule is Cc1cc(C)c(OCCCN=[N+]=[N-])c(C)c1. The fraction of sp³-hybridized carbons (Fsp3) is 0.500. The Kier molecular flexibility index (Phi) is 4.67. The summed E-state index contributed by atoms with van der Waals surface area (Å²) in [6, 6.07) is 4.21. The molecule has 0 saturated carbocycles. The third-order valence-corrected chi connectivity index (χ3v) is 2.32. The second-order valence-corrected chi connectivity index (χ2v) is 3.88. The predicted molar refractivity (Wildman–Crippen MR) is 64.8 cm³/mol. The quantitative estimate of drug-likeness (QED) is 0.322. The summed E-state index contributed by atoms with van der Waals surface area (Å²) < 4.78 is 5.69. The summed E-state index contributed by atoms with van der Waals surface area (Å²) in [7, 11) is 0. The number of ether oxygens (including phenoxy) is 1. The first kappa shape index (κ1) is 12.4. The molecular formula is C12H17N3O. The maximum absolute atomic E-state index is 8.12. The maximum Gasteiger partial charge on any atom is 0.125 e. The van der Waals surface area contributed by atoms with Crippen LogP contribution in [-0.4, -0.2) is 13.2 Å². The maximum atomic E-state index is 8.12. The molecule has 1 rings (SSSR count). The third kappa shape index (κ3) is 3.48. The second kappa shape index (κ2) is 6.03. The van der Waals surface area contributed by atoms with Crippen molar-refractivity contribution >= 4 is 0 Å². The zero-order valence-electron chi connectivity index (χ0n) is 10.0. The topological polar surface area (TPSA) is 58.0 Å². The lowest BCUT2D eigenvalue weighted by Gasteiger charge is -2.12. The molecule has 1 aromatic rings. The summed E-state index contributed by atoms with van der Waals surface area (Å²) in [5.74, 6) is 0.950. The molecule has 0 unspecified atom stereocenters. The standard InChI is InChI=1S/C12H17N3O/c1-9-7-10(2)12(11(3)8-9)16-6-4-5-14-15-13/h7-8H,4-6H2,1-3H3.